The Labute approximate surface area is 112 Å². The molecule has 102 valence electrons. The zero-order valence-corrected chi connectivity index (χ0v) is 12.1. The molecule has 18 heavy (non-hydrogen) atoms. The number of halogens is 1. The second kappa shape index (κ2) is 6.97. The molecule has 6 heteroatoms. The Hall–Kier alpha value is -0.780. The Morgan fingerprint density at radius 3 is 2.56 bits per heavy atom. The van der Waals surface area contributed by atoms with Crippen LogP contribution in [0.2, 0.25) is 0 Å². The van der Waals surface area contributed by atoms with Crippen molar-refractivity contribution in [2.75, 3.05) is 25.6 Å². The van der Waals surface area contributed by atoms with E-state index in [0.717, 1.165) is 16.9 Å². The van der Waals surface area contributed by atoms with Crippen molar-refractivity contribution in [3.63, 3.8) is 0 Å². The predicted octanol–water partition coefficient (Wildman–Crippen LogP) is 2.27. The summed E-state index contributed by atoms with van der Waals surface area (Å²) in [6.45, 7) is 4.76. The minimum Gasteiger partial charge on any atom is -0.491 e. The van der Waals surface area contributed by atoms with E-state index in [1.54, 1.807) is 0 Å². The van der Waals surface area contributed by atoms with Gasteiger partial charge >= 0.3 is 0 Å². The summed E-state index contributed by atoms with van der Waals surface area (Å²) in [6.07, 6.45) is 0. The van der Waals surface area contributed by atoms with Crippen molar-refractivity contribution in [1.82, 2.24) is 0 Å². The smallest absolute Gasteiger partial charge is 0.234 e. The van der Waals surface area contributed by atoms with E-state index in [0.29, 0.717) is 13.2 Å². The summed E-state index contributed by atoms with van der Waals surface area (Å²) in [6, 6.07) is 5.97. The normalized spacial score (nSPS) is 11.5. The van der Waals surface area contributed by atoms with Crippen LogP contribution in [0.15, 0.2) is 18.2 Å². The van der Waals surface area contributed by atoms with Gasteiger partial charge in [-0.05, 0) is 31.0 Å². The van der Waals surface area contributed by atoms with Crippen molar-refractivity contribution in [2.45, 2.75) is 13.8 Å². The lowest BCUT2D eigenvalue weighted by molar-refractivity contribution is 0.111. The van der Waals surface area contributed by atoms with Crippen LogP contribution in [0, 0.1) is 13.8 Å². The van der Waals surface area contributed by atoms with Gasteiger partial charge in [0.15, 0.2) is 0 Å². The molecule has 0 radical (unpaired) electrons. The van der Waals surface area contributed by atoms with Crippen LogP contribution in [-0.2, 0) is 13.8 Å². The number of hydrogen-bond donors (Lipinski definition) is 0. The van der Waals surface area contributed by atoms with E-state index >= 15 is 0 Å². The topological polar surface area (TPSA) is 52.6 Å². The van der Waals surface area contributed by atoms with E-state index in [4.69, 9.17) is 20.2 Å². The van der Waals surface area contributed by atoms with Gasteiger partial charge in [-0.3, -0.25) is 0 Å². The second-order valence-electron chi connectivity index (χ2n) is 3.97. The van der Waals surface area contributed by atoms with Gasteiger partial charge in [0.05, 0.1) is 19.0 Å². The monoisotopic (exact) mass is 292 g/mol. The van der Waals surface area contributed by atoms with Crippen molar-refractivity contribution in [3.8, 4) is 5.75 Å². The minimum absolute atomic E-state index is 0.0853. The average molecular weight is 293 g/mol. The molecule has 0 atom stereocenters. The van der Waals surface area contributed by atoms with Crippen LogP contribution in [0.5, 0.6) is 5.75 Å². The molecular weight excluding hydrogens is 276 g/mol. The summed E-state index contributed by atoms with van der Waals surface area (Å²) in [5.41, 5.74) is 2.19. The highest BCUT2D eigenvalue weighted by atomic mass is 35.7. The Balaban J connectivity index is 2.24. The summed E-state index contributed by atoms with van der Waals surface area (Å²) in [4.78, 5) is 0. The summed E-state index contributed by atoms with van der Waals surface area (Å²) >= 11 is 0. The molecule has 0 amide bonds. The molecule has 0 aromatic heterocycles. The van der Waals surface area contributed by atoms with E-state index in [1.807, 2.05) is 32.0 Å². The maximum absolute atomic E-state index is 10.6. The number of aryl methyl sites for hydroxylation is 2. The number of benzene rings is 1. The molecule has 0 spiro atoms. The van der Waals surface area contributed by atoms with Gasteiger partial charge < -0.3 is 9.47 Å². The van der Waals surface area contributed by atoms with E-state index < -0.39 is 9.05 Å². The fourth-order valence-corrected chi connectivity index (χ4v) is 1.84. The molecule has 0 fully saturated rings. The first-order valence-electron chi connectivity index (χ1n) is 5.58. The van der Waals surface area contributed by atoms with E-state index in [2.05, 4.69) is 0 Å². The quantitative estimate of drug-likeness (QED) is 0.571. The highest BCUT2D eigenvalue weighted by Crippen LogP contribution is 2.18. The molecule has 0 saturated carbocycles. The molecule has 4 nitrogen and oxygen atoms in total. The van der Waals surface area contributed by atoms with Crippen LogP contribution in [0.1, 0.15) is 11.1 Å². The van der Waals surface area contributed by atoms with E-state index in [-0.39, 0.29) is 12.4 Å². The van der Waals surface area contributed by atoms with Gasteiger partial charge in [-0.25, -0.2) is 8.42 Å². The first-order valence-corrected chi connectivity index (χ1v) is 8.06. The van der Waals surface area contributed by atoms with Crippen LogP contribution >= 0.6 is 10.7 Å². The fraction of sp³-hybridized carbons (Fsp3) is 0.500. The summed E-state index contributed by atoms with van der Waals surface area (Å²) in [5.74, 6) is 0.640. The zero-order valence-electron chi connectivity index (χ0n) is 10.5. The van der Waals surface area contributed by atoms with Gasteiger partial charge in [-0.1, -0.05) is 12.1 Å². The van der Waals surface area contributed by atoms with Gasteiger partial charge in [0, 0.05) is 10.7 Å². The van der Waals surface area contributed by atoms with Crippen LogP contribution in [0.3, 0.4) is 0 Å². The molecule has 0 N–H and O–H groups in total. The van der Waals surface area contributed by atoms with Gasteiger partial charge in [-0.15, -0.1) is 0 Å². The van der Waals surface area contributed by atoms with E-state index in [9.17, 15) is 8.42 Å². The molecule has 1 aromatic carbocycles. The van der Waals surface area contributed by atoms with Crippen molar-refractivity contribution in [2.24, 2.45) is 0 Å². The summed E-state index contributed by atoms with van der Waals surface area (Å²) < 4.78 is 31.9. The molecule has 0 aliphatic carbocycles. The zero-order chi connectivity index (χ0) is 13.6. The first kappa shape index (κ1) is 15.3. The van der Waals surface area contributed by atoms with E-state index in [1.165, 1.54) is 0 Å². The Morgan fingerprint density at radius 2 is 1.89 bits per heavy atom. The van der Waals surface area contributed by atoms with Crippen molar-refractivity contribution in [3.05, 3.63) is 29.3 Å². The van der Waals surface area contributed by atoms with Gasteiger partial charge in [0.25, 0.3) is 0 Å². The lowest BCUT2D eigenvalue weighted by Gasteiger charge is -2.10. The first-order chi connectivity index (χ1) is 8.38. The third-order valence-electron chi connectivity index (χ3n) is 2.30. The Kier molecular flexibility index (Phi) is 5.91. The van der Waals surface area contributed by atoms with Gasteiger partial charge in [-0.2, -0.15) is 0 Å². The molecule has 0 unspecified atom stereocenters. The highest BCUT2D eigenvalue weighted by molar-refractivity contribution is 8.13. The lowest BCUT2D eigenvalue weighted by Crippen LogP contribution is -2.12. The molecule has 0 aliphatic rings. The molecular formula is C12H17ClO4S. The van der Waals surface area contributed by atoms with Crippen LogP contribution in [0.25, 0.3) is 0 Å². The third kappa shape index (κ3) is 6.23. The fourth-order valence-electron chi connectivity index (χ4n) is 1.33. The standard InChI is InChI=1S/C12H17ClO4S/c1-10-3-4-11(2)12(9-10)17-6-5-16-7-8-18(13,14)15/h3-4,9H,5-8H2,1-2H3. The molecule has 0 saturated heterocycles. The van der Waals surface area contributed by atoms with Crippen LogP contribution < -0.4 is 4.74 Å². The van der Waals surface area contributed by atoms with Crippen LogP contribution in [-0.4, -0.2) is 34.0 Å². The summed E-state index contributed by atoms with van der Waals surface area (Å²) in [5, 5.41) is 0. The molecule has 1 aromatic rings. The number of ether oxygens (including phenoxy) is 2. The molecule has 1 rings (SSSR count). The lowest BCUT2D eigenvalue weighted by atomic mass is 10.1. The molecule has 0 aliphatic heterocycles. The van der Waals surface area contributed by atoms with Crippen LogP contribution in [0.4, 0.5) is 0 Å². The Morgan fingerprint density at radius 1 is 1.17 bits per heavy atom. The Bertz CT molecular complexity index is 485. The average Bonchev–Trinajstić information content (AvgIpc) is 2.26. The largest absolute Gasteiger partial charge is 0.491 e. The SMILES string of the molecule is Cc1ccc(C)c(OCCOCCS(=O)(=O)Cl)c1. The van der Waals surface area contributed by atoms with Gasteiger partial charge in [0.1, 0.15) is 12.4 Å². The van der Waals surface area contributed by atoms with Crippen molar-refractivity contribution in [1.29, 1.82) is 0 Å². The second-order valence-corrected chi connectivity index (χ2v) is 6.87. The van der Waals surface area contributed by atoms with Crippen molar-refractivity contribution >= 4 is 19.7 Å². The maximum Gasteiger partial charge on any atom is 0.234 e. The molecule has 0 bridgehead atoms. The highest BCUT2D eigenvalue weighted by Gasteiger charge is 2.04. The summed E-state index contributed by atoms with van der Waals surface area (Å²) in [7, 11) is 1.57. The van der Waals surface area contributed by atoms with Gasteiger partial charge in [0.2, 0.25) is 9.05 Å². The number of hydrogen-bond acceptors (Lipinski definition) is 4. The third-order valence-corrected chi connectivity index (χ3v) is 3.42. The minimum atomic E-state index is -3.47. The number of rotatable bonds is 7. The van der Waals surface area contributed by atoms with Crippen molar-refractivity contribution < 1.29 is 17.9 Å². The maximum atomic E-state index is 10.6. The molecule has 0 heterocycles. The predicted molar refractivity (Wildman–Crippen MR) is 71.9 cm³/mol.